The highest BCUT2D eigenvalue weighted by atomic mass is 127. The lowest BCUT2D eigenvalue weighted by Crippen LogP contribution is -2.39. The van der Waals surface area contributed by atoms with Crippen molar-refractivity contribution >= 4 is 45.9 Å². The van der Waals surface area contributed by atoms with Crippen molar-refractivity contribution < 1.29 is 4.74 Å². The fraction of sp³-hybridized carbons (Fsp3) is 0.500. The third-order valence-corrected chi connectivity index (χ3v) is 3.71. The molecule has 0 unspecified atom stereocenters. The summed E-state index contributed by atoms with van der Waals surface area (Å²) < 4.78 is 6.41. The third-order valence-electron chi connectivity index (χ3n) is 3.08. The van der Waals surface area contributed by atoms with Gasteiger partial charge in [-0.2, -0.15) is 0 Å². The van der Waals surface area contributed by atoms with E-state index in [2.05, 4.69) is 37.6 Å². The van der Waals surface area contributed by atoms with Crippen LogP contribution in [0, 0.1) is 0 Å². The van der Waals surface area contributed by atoms with Gasteiger partial charge in [0.25, 0.3) is 0 Å². The predicted octanol–water partition coefficient (Wildman–Crippen LogP) is 2.95. The van der Waals surface area contributed by atoms with Gasteiger partial charge in [-0.3, -0.25) is 4.99 Å². The zero-order chi connectivity index (χ0) is 13.7. The van der Waals surface area contributed by atoms with Crippen molar-refractivity contribution in [3.05, 3.63) is 28.2 Å². The largest absolute Gasteiger partial charge is 0.495 e. The minimum atomic E-state index is 0. The Morgan fingerprint density at radius 2 is 2.20 bits per heavy atom. The molecule has 1 aromatic rings. The van der Waals surface area contributed by atoms with Crippen LogP contribution in [0.1, 0.15) is 18.4 Å². The van der Waals surface area contributed by atoms with Gasteiger partial charge in [0.1, 0.15) is 5.75 Å². The number of benzene rings is 1. The Morgan fingerprint density at radius 1 is 1.45 bits per heavy atom. The zero-order valence-electron chi connectivity index (χ0n) is 11.8. The number of nitrogens with one attached hydrogen (secondary N) is 2. The van der Waals surface area contributed by atoms with Gasteiger partial charge < -0.3 is 15.4 Å². The molecule has 2 N–H and O–H groups in total. The summed E-state index contributed by atoms with van der Waals surface area (Å²) >= 11 is 3.50. The Balaban J connectivity index is 0.00000200. The molecule has 0 amide bonds. The summed E-state index contributed by atoms with van der Waals surface area (Å²) in [5.74, 6) is 1.80. The summed E-state index contributed by atoms with van der Waals surface area (Å²) in [6.45, 7) is 0.833. The highest BCUT2D eigenvalue weighted by Gasteiger charge is 2.21. The molecule has 1 aliphatic carbocycles. The van der Waals surface area contributed by atoms with Crippen molar-refractivity contribution in [3.63, 3.8) is 0 Å². The molecule has 0 aromatic heterocycles. The van der Waals surface area contributed by atoms with Crippen LogP contribution in [0.25, 0.3) is 0 Å². The van der Waals surface area contributed by atoms with Gasteiger partial charge in [-0.1, -0.05) is 12.1 Å². The molecular formula is C14H21BrIN3O. The van der Waals surface area contributed by atoms with Crippen LogP contribution in [-0.2, 0) is 6.42 Å². The Hall–Kier alpha value is -0.500. The van der Waals surface area contributed by atoms with Crippen LogP contribution >= 0.6 is 39.9 Å². The van der Waals surface area contributed by atoms with Gasteiger partial charge in [0.05, 0.1) is 11.6 Å². The van der Waals surface area contributed by atoms with E-state index in [1.54, 1.807) is 14.2 Å². The summed E-state index contributed by atoms with van der Waals surface area (Å²) in [6, 6.07) is 6.72. The molecule has 1 aromatic carbocycles. The molecule has 6 heteroatoms. The Labute approximate surface area is 145 Å². The first-order valence-corrected chi connectivity index (χ1v) is 7.32. The van der Waals surface area contributed by atoms with E-state index in [1.165, 1.54) is 18.4 Å². The van der Waals surface area contributed by atoms with Crippen LogP contribution < -0.4 is 15.4 Å². The average Bonchev–Trinajstić information content (AvgIpc) is 3.21. The summed E-state index contributed by atoms with van der Waals surface area (Å²) in [5, 5.41) is 6.69. The fourth-order valence-electron chi connectivity index (χ4n) is 1.91. The lowest BCUT2D eigenvalue weighted by molar-refractivity contribution is 0.407. The second kappa shape index (κ2) is 8.71. The van der Waals surface area contributed by atoms with Crippen molar-refractivity contribution in [1.82, 2.24) is 10.6 Å². The van der Waals surface area contributed by atoms with E-state index < -0.39 is 0 Å². The zero-order valence-corrected chi connectivity index (χ0v) is 15.7. The van der Waals surface area contributed by atoms with E-state index in [0.717, 1.165) is 29.1 Å². The molecule has 0 radical (unpaired) electrons. The third kappa shape index (κ3) is 5.12. The molecule has 0 atom stereocenters. The predicted molar refractivity (Wildman–Crippen MR) is 97.3 cm³/mol. The SMILES string of the molecule is CN=C(NCCc1cccc(Br)c1OC)NC1CC1.I. The van der Waals surface area contributed by atoms with Crippen molar-refractivity contribution in [2.75, 3.05) is 20.7 Å². The molecule has 1 fully saturated rings. The molecule has 0 spiro atoms. The van der Waals surface area contributed by atoms with Gasteiger partial charge in [-0.05, 0) is 46.8 Å². The number of para-hydroxylation sites is 1. The maximum absolute atomic E-state index is 5.41. The first kappa shape index (κ1) is 17.6. The number of halogens is 2. The molecule has 0 aliphatic heterocycles. The quantitative estimate of drug-likeness (QED) is 0.409. The summed E-state index contributed by atoms with van der Waals surface area (Å²) in [7, 11) is 3.50. The van der Waals surface area contributed by atoms with E-state index in [0.29, 0.717) is 6.04 Å². The van der Waals surface area contributed by atoms with E-state index in [9.17, 15) is 0 Å². The van der Waals surface area contributed by atoms with Crippen molar-refractivity contribution in [2.24, 2.45) is 4.99 Å². The summed E-state index contributed by atoms with van der Waals surface area (Å²) in [5.41, 5.74) is 1.19. The smallest absolute Gasteiger partial charge is 0.191 e. The highest BCUT2D eigenvalue weighted by molar-refractivity contribution is 14.0. The standard InChI is InChI=1S/C14H20BrN3O.HI/c1-16-14(18-11-6-7-11)17-9-8-10-4-3-5-12(15)13(10)19-2;/h3-5,11H,6-9H2,1-2H3,(H2,16,17,18);1H. The first-order chi connectivity index (χ1) is 9.24. The molecule has 0 heterocycles. The monoisotopic (exact) mass is 453 g/mol. The molecule has 1 aliphatic rings. The van der Waals surface area contributed by atoms with Gasteiger partial charge in [-0.25, -0.2) is 0 Å². The topological polar surface area (TPSA) is 45.7 Å². The minimum absolute atomic E-state index is 0. The summed E-state index contributed by atoms with van der Waals surface area (Å²) in [4.78, 5) is 4.21. The molecule has 4 nitrogen and oxygen atoms in total. The van der Waals surface area contributed by atoms with E-state index >= 15 is 0 Å². The van der Waals surface area contributed by atoms with Gasteiger partial charge in [-0.15, -0.1) is 24.0 Å². The van der Waals surface area contributed by atoms with Gasteiger partial charge in [0.15, 0.2) is 5.96 Å². The van der Waals surface area contributed by atoms with Crippen LogP contribution in [0.4, 0.5) is 0 Å². The molecule has 2 rings (SSSR count). The van der Waals surface area contributed by atoms with Gasteiger partial charge >= 0.3 is 0 Å². The molecular weight excluding hydrogens is 433 g/mol. The Kier molecular flexibility index (Phi) is 7.65. The molecule has 1 saturated carbocycles. The lowest BCUT2D eigenvalue weighted by Gasteiger charge is -2.13. The second-order valence-electron chi connectivity index (χ2n) is 4.60. The van der Waals surface area contributed by atoms with Crippen LogP contribution in [0.5, 0.6) is 5.75 Å². The number of hydrogen-bond acceptors (Lipinski definition) is 2. The maximum atomic E-state index is 5.41. The van der Waals surface area contributed by atoms with E-state index in [4.69, 9.17) is 4.74 Å². The normalized spacial score (nSPS) is 14.4. The van der Waals surface area contributed by atoms with Crippen molar-refractivity contribution in [3.8, 4) is 5.75 Å². The molecule has 0 saturated heterocycles. The Morgan fingerprint density at radius 3 is 2.80 bits per heavy atom. The van der Waals surface area contributed by atoms with Crippen molar-refractivity contribution in [2.45, 2.75) is 25.3 Å². The van der Waals surface area contributed by atoms with Crippen molar-refractivity contribution in [1.29, 1.82) is 0 Å². The maximum Gasteiger partial charge on any atom is 0.191 e. The van der Waals surface area contributed by atoms with Gasteiger partial charge in [0, 0.05) is 19.6 Å². The molecule has 112 valence electrons. The number of aliphatic imine (C=N–C) groups is 1. The van der Waals surface area contributed by atoms with Crippen LogP contribution in [0.15, 0.2) is 27.7 Å². The summed E-state index contributed by atoms with van der Waals surface area (Å²) in [6.07, 6.45) is 3.40. The number of nitrogens with zero attached hydrogens (tertiary/aromatic N) is 1. The average molecular weight is 454 g/mol. The van der Waals surface area contributed by atoms with Crippen LogP contribution in [0.2, 0.25) is 0 Å². The molecule has 0 bridgehead atoms. The highest BCUT2D eigenvalue weighted by Crippen LogP contribution is 2.28. The van der Waals surface area contributed by atoms with Crippen LogP contribution in [0.3, 0.4) is 0 Å². The first-order valence-electron chi connectivity index (χ1n) is 6.53. The number of methoxy groups -OCH3 is 1. The lowest BCUT2D eigenvalue weighted by atomic mass is 10.1. The molecule has 20 heavy (non-hydrogen) atoms. The second-order valence-corrected chi connectivity index (χ2v) is 5.45. The number of ether oxygens (including phenoxy) is 1. The fourth-order valence-corrected chi connectivity index (χ4v) is 2.48. The number of guanidine groups is 1. The van der Waals surface area contributed by atoms with E-state index in [1.807, 2.05) is 12.1 Å². The number of rotatable bonds is 5. The minimum Gasteiger partial charge on any atom is -0.495 e. The van der Waals surface area contributed by atoms with E-state index in [-0.39, 0.29) is 24.0 Å². The van der Waals surface area contributed by atoms with Crippen LogP contribution in [-0.4, -0.2) is 32.7 Å². The Bertz CT molecular complexity index is 464. The van der Waals surface area contributed by atoms with Gasteiger partial charge in [0.2, 0.25) is 0 Å². The number of hydrogen-bond donors (Lipinski definition) is 2.